The van der Waals surface area contributed by atoms with Crippen molar-refractivity contribution in [3.05, 3.63) is 34.1 Å². The third kappa shape index (κ3) is 4.01. The molecule has 1 saturated heterocycles. The van der Waals surface area contributed by atoms with Gasteiger partial charge < -0.3 is 5.11 Å². The largest absolute Gasteiger partial charge is 0.481 e. The van der Waals surface area contributed by atoms with Gasteiger partial charge in [-0.15, -0.1) is 0 Å². The highest BCUT2D eigenvalue weighted by Crippen LogP contribution is 2.24. The van der Waals surface area contributed by atoms with Gasteiger partial charge in [-0.25, -0.2) is 4.39 Å². The van der Waals surface area contributed by atoms with Gasteiger partial charge in [-0.1, -0.05) is 28.4 Å². The average Bonchev–Trinajstić information content (AvgIpc) is 2.34. The molecular weight excluding hydrogens is 313 g/mol. The fraction of sp³-hybridized carbons (Fsp3) is 0.500. The van der Waals surface area contributed by atoms with Crippen molar-refractivity contribution in [1.29, 1.82) is 0 Å². The highest BCUT2D eigenvalue weighted by molar-refractivity contribution is 9.10. The lowest BCUT2D eigenvalue weighted by molar-refractivity contribution is -0.138. The molecule has 5 heteroatoms. The quantitative estimate of drug-likeness (QED) is 0.920. The Morgan fingerprint density at radius 3 is 2.95 bits per heavy atom. The Balaban J connectivity index is 2.08. The third-order valence-electron chi connectivity index (χ3n) is 3.55. The van der Waals surface area contributed by atoms with E-state index in [0.29, 0.717) is 12.1 Å². The van der Waals surface area contributed by atoms with Crippen molar-refractivity contribution in [2.45, 2.75) is 38.3 Å². The van der Waals surface area contributed by atoms with Crippen LogP contribution in [0.1, 0.15) is 31.2 Å². The van der Waals surface area contributed by atoms with E-state index < -0.39 is 5.97 Å². The molecular formula is C14H17BrFNO2. The van der Waals surface area contributed by atoms with E-state index in [4.69, 9.17) is 5.11 Å². The summed E-state index contributed by atoms with van der Waals surface area (Å²) in [5.74, 6) is -1.03. The van der Waals surface area contributed by atoms with Crippen LogP contribution in [0.5, 0.6) is 0 Å². The molecule has 1 aromatic rings. The van der Waals surface area contributed by atoms with Crippen molar-refractivity contribution in [1.82, 2.24) is 4.90 Å². The standard InChI is InChI=1S/C14H17BrFNO2/c15-11-5-4-10(13(16)7-11)9-17-6-2-1-3-12(17)8-14(18)19/h4-5,7,12H,1-3,6,8-9H2,(H,18,19). The van der Waals surface area contributed by atoms with Crippen molar-refractivity contribution in [3.8, 4) is 0 Å². The lowest BCUT2D eigenvalue weighted by atomic mass is 9.98. The summed E-state index contributed by atoms with van der Waals surface area (Å²) in [5, 5.41) is 8.93. The van der Waals surface area contributed by atoms with Gasteiger partial charge in [0.15, 0.2) is 0 Å². The van der Waals surface area contributed by atoms with E-state index >= 15 is 0 Å². The van der Waals surface area contributed by atoms with Crippen LogP contribution in [-0.2, 0) is 11.3 Å². The second-order valence-corrected chi connectivity index (χ2v) is 5.87. The minimum absolute atomic E-state index is 0.0225. The second kappa shape index (κ2) is 6.48. The summed E-state index contributed by atoms with van der Waals surface area (Å²) in [6, 6.07) is 5.04. The van der Waals surface area contributed by atoms with Gasteiger partial charge in [0.2, 0.25) is 0 Å². The van der Waals surface area contributed by atoms with Crippen LogP contribution in [0.4, 0.5) is 4.39 Å². The van der Waals surface area contributed by atoms with E-state index in [0.717, 1.165) is 30.3 Å². The summed E-state index contributed by atoms with van der Waals surface area (Å²) in [7, 11) is 0. The Bertz CT molecular complexity index is 467. The number of rotatable bonds is 4. The van der Waals surface area contributed by atoms with Crippen molar-refractivity contribution < 1.29 is 14.3 Å². The molecule has 1 N–H and O–H groups in total. The molecule has 104 valence electrons. The molecule has 0 bridgehead atoms. The topological polar surface area (TPSA) is 40.5 Å². The van der Waals surface area contributed by atoms with E-state index in [9.17, 15) is 9.18 Å². The normalized spacial score (nSPS) is 20.4. The first-order chi connectivity index (χ1) is 9.06. The lowest BCUT2D eigenvalue weighted by Crippen LogP contribution is -2.40. The summed E-state index contributed by atoms with van der Waals surface area (Å²) in [6.07, 6.45) is 3.12. The molecule has 1 unspecified atom stereocenters. The molecule has 0 amide bonds. The fourth-order valence-corrected chi connectivity index (χ4v) is 2.90. The third-order valence-corrected chi connectivity index (χ3v) is 4.04. The maximum absolute atomic E-state index is 13.8. The summed E-state index contributed by atoms with van der Waals surface area (Å²) in [4.78, 5) is 13.0. The number of carboxylic acid groups (broad SMARTS) is 1. The van der Waals surface area contributed by atoms with Crippen molar-refractivity contribution >= 4 is 21.9 Å². The van der Waals surface area contributed by atoms with E-state index in [1.807, 2.05) is 6.07 Å². The summed E-state index contributed by atoms with van der Waals surface area (Å²) >= 11 is 3.23. The van der Waals surface area contributed by atoms with Gasteiger partial charge in [-0.3, -0.25) is 9.69 Å². The molecule has 3 nitrogen and oxygen atoms in total. The van der Waals surface area contributed by atoms with Gasteiger partial charge in [-0.2, -0.15) is 0 Å². The Morgan fingerprint density at radius 2 is 2.26 bits per heavy atom. The molecule has 1 aliphatic rings. The Morgan fingerprint density at radius 1 is 1.47 bits per heavy atom. The number of hydrogen-bond acceptors (Lipinski definition) is 2. The van der Waals surface area contributed by atoms with Crippen LogP contribution in [0.25, 0.3) is 0 Å². The summed E-state index contributed by atoms with van der Waals surface area (Å²) < 4.78 is 14.5. The van der Waals surface area contributed by atoms with Crippen LogP contribution in [0.2, 0.25) is 0 Å². The molecule has 0 aromatic heterocycles. The molecule has 0 saturated carbocycles. The van der Waals surface area contributed by atoms with Gasteiger partial charge in [-0.05, 0) is 31.5 Å². The number of halogens is 2. The molecule has 1 heterocycles. The number of hydrogen-bond donors (Lipinski definition) is 1. The monoisotopic (exact) mass is 329 g/mol. The van der Waals surface area contributed by atoms with Gasteiger partial charge in [0, 0.05) is 22.6 Å². The molecule has 19 heavy (non-hydrogen) atoms. The van der Waals surface area contributed by atoms with Crippen LogP contribution in [-0.4, -0.2) is 28.6 Å². The van der Waals surface area contributed by atoms with E-state index in [1.165, 1.54) is 6.07 Å². The molecule has 1 atom stereocenters. The first-order valence-electron chi connectivity index (χ1n) is 6.46. The van der Waals surface area contributed by atoms with Gasteiger partial charge >= 0.3 is 5.97 Å². The van der Waals surface area contributed by atoms with Crippen LogP contribution in [0.3, 0.4) is 0 Å². The number of piperidine rings is 1. The maximum atomic E-state index is 13.8. The molecule has 1 aromatic carbocycles. The Labute approximate surface area is 120 Å². The molecule has 1 aliphatic heterocycles. The molecule has 1 fully saturated rings. The molecule has 0 aliphatic carbocycles. The zero-order valence-electron chi connectivity index (χ0n) is 10.6. The Hall–Kier alpha value is -0.940. The zero-order chi connectivity index (χ0) is 13.8. The second-order valence-electron chi connectivity index (χ2n) is 4.95. The number of carboxylic acids is 1. The molecule has 0 spiro atoms. The zero-order valence-corrected chi connectivity index (χ0v) is 12.2. The minimum Gasteiger partial charge on any atom is -0.481 e. The number of likely N-dealkylation sites (tertiary alicyclic amines) is 1. The number of benzene rings is 1. The average molecular weight is 330 g/mol. The number of carbonyl (C=O) groups is 1. The lowest BCUT2D eigenvalue weighted by Gasteiger charge is -2.35. The van der Waals surface area contributed by atoms with E-state index in [2.05, 4.69) is 20.8 Å². The summed E-state index contributed by atoms with van der Waals surface area (Å²) in [6.45, 7) is 1.32. The van der Waals surface area contributed by atoms with Crippen molar-refractivity contribution in [3.63, 3.8) is 0 Å². The highest BCUT2D eigenvalue weighted by atomic mass is 79.9. The smallest absolute Gasteiger partial charge is 0.304 e. The Kier molecular flexibility index (Phi) is 4.93. The van der Waals surface area contributed by atoms with Gasteiger partial charge in [0.25, 0.3) is 0 Å². The molecule has 2 rings (SSSR count). The predicted octanol–water partition coefficient (Wildman–Crippen LogP) is 3.42. The van der Waals surface area contributed by atoms with Crippen LogP contribution in [0, 0.1) is 5.82 Å². The maximum Gasteiger partial charge on any atom is 0.304 e. The molecule has 0 radical (unpaired) electrons. The first-order valence-corrected chi connectivity index (χ1v) is 7.25. The van der Waals surface area contributed by atoms with E-state index in [-0.39, 0.29) is 18.3 Å². The summed E-state index contributed by atoms with van der Waals surface area (Å²) in [5.41, 5.74) is 0.625. The van der Waals surface area contributed by atoms with Crippen LogP contribution < -0.4 is 0 Å². The van der Waals surface area contributed by atoms with Crippen LogP contribution in [0.15, 0.2) is 22.7 Å². The number of aliphatic carboxylic acids is 1. The van der Waals surface area contributed by atoms with Gasteiger partial charge in [0.1, 0.15) is 5.82 Å². The highest BCUT2D eigenvalue weighted by Gasteiger charge is 2.25. The fourth-order valence-electron chi connectivity index (χ4n) is 2.57. The SMILES string of the molecule is O=C(O)CC1CCCCN1Cc1ccc(Br)cc1F. The predicted molar refractivity (Wildman–Crippen MR) is 74.4 cm³/mol. The van der Waals surface area contributed by atoms with Crippen LogP contribution >= 0.6 is 15.9 Å². The van der Waals surface area contributed by atoms with E-state index in [1.54, 1.807) is 6.07 Å². The first kappa shape index (κ1) is 14.5. The van der Waals surface area contributed by atoms with Gasteiger partial charge in [0.05, 0.1) is 6.42 Å². The minimum atomic E-state index is -0.784. The van der Waals surface area contributed by atoms with Crippen molar-refractivity contribution in [2.24, 2.45) is 0 Å². The number of nitrogens with zero attached hydrogens (tertiary/aromatic N) is 1. The van der Waals surface area contributed by atoms with Crippen molar-refractivity contribution in [2.75, 3.05) is 6.54 Å².